The van der Waals surface area contributed by atoms with Crippen molar-refractivity contribution in [2.24, 2.45) is 11.7 Å². The van der Waals surface area contributed by atoms with Gasteiger partial charge in [0.25, 0.3) is 0 Å². The molecule has 1 aromatic carbocycles. The molecule has 2 saturated heterocycles. The monoisotopic (exact) mass is 624 g/mol. The Hall–Kier alpha value is -2.98. The Bertz CT molecular complexity index is 1650. The van der Waals surface area contributed by atoms with Crippen LogP contribution in [0, 0.1) is 11.7 Å². The van der Waals surface area contributed by atoms with Crippen molar-refractivity contribution in [3.8, 4) is 17.0 Å². The summed E-state index contributed by atoms with van der Waals surface area (Å²) in [5.41, 5.74) is 8.54. The molecule has 2 aliphatic heterocycles. The number of fused-ring (bicyclic) bond motifs is 1. The fraction of sp³-hybridized carbons (Fsp3) is 0.469. The van der Waals surface area contributed by atoms with Crippen LogP contribution in [0.4, 0.5) is 10.2 Å². The van der Waals surface area contributed by atoms with Crippen molar-refractivity contribution in [1.29, 1.82) is 0 Å². The van der Waals surface area contributed by atoms with Crippen LogP contribution in [0.1, 0.15) is 70.3 Å². The maximum absolute atomic E-state index is 16.0. The van der Waals surface area contributed by atoms with E-state index < -0.39 is 6.10 Å². The lowest BCUT2D eigenvalue weighted by molar-refractivity contribution is -0.0365. The van der Waals surface area contributed by atoms with E-state index in [1.807, 2.05) is 29.8 Å². The van der Waals surface area contributed by atoms with Crippen LogP contribution < -0.4 is 15.4 Å². The first-order chi connectivity index (χ1) is 20.7. The zero-order valence-electron chi connectivity index (χ0n) is 24.3. The fourth-order valence-electron chi connectivity index (χ4n) is 6.49. The third-order valence-electron chi connectivity index (χ3n) is 9.01. The molecule has 226 valence electrons. The molecule has 2 N–H and O–H groups in total. The van der Waals surface area contributed by atoms with Gasteiger partial charge in [-0.25, -0.2) is 14.1 Å². The second-order valence-electron chi connectivity index (χ2n) is 12.4. The van der Waals surface area contributed by atoms with Crippen molar-refractivity contribution in [3.63, 3.8) is 0 Å². The number of pyridine rings is 2. The lowest BCUT2D eigenvalue weighted by atomic mass is 9.79. The van der Waals surface area contributed by atoms with E-state index in [9.17, 15) is 0 Å². The predicted molar refractivity (Wildman–Crippen MR) is 166 cm³/mol. The number of anilines is 1. The molecular weight excluding hydrogens is 590 g/mol. The molecule has 43 heavy (non-hydrogen) atoms. The lowest BCUT2D eigenvalue weighted by Gasteiger charge is -2.55. The van der Waals surface area contributed by atoms with Gasteiger partial charge in [-0.1, -0.05) is 36.0 Å². The Kier molecular flexibility index (Phi) is 7.48. The van der Waals surface area contributed by atoms with Gasteiger partial charge in [0.15, 0.2) is 6.23 Å². The van der Waals surface area contributed by atoms with Crippen LogP contribution in [0.2, 0.25) is 10.0 Å². The first-order valence-corrected chi connectivity index (χ1v) is 15.8. The molecule has 3 aliphatic rings. The van der Waals surface area contributed by atoms with Gasteiger partial charge in [-0.15, -0.1) is 0 Å². The number of benzene rings is 1. The lowest BCUT2D eigenvalue weighted by Crippen LogP contribution is -2.73. The topological polar surface area (TPSA) is 91.3 Å². The number of halogens is 3. The smallest absolute Gasteiger partial charge is 0.150 e. The molecule has 0 spiro atoms. The van der Waals surface area contributed by atoms with Gasteiger partial charge in [-0.2, -0.15) is 5.10 Å². The highest BCUT2D eigenvalue weighted by molar-refractivity contribution is 6.35. The molecule has 0 radical (unpaired) electrons. The molecule has 5 heterocycles. The largest absolute Gasteiger partial charge is 0.486 e. The highest BCUT2D eigenvalue weighted by Crippen LogP contribution is 2.43. The summed E-state index contributed by atoms with van der Waals surface area (Å²) in [6.07, 6.45) is 10.4. The van der Waals surface area contributed by atoms with E-state index in [0.717, 1.165) is 36.6 Å². The Balaban J connectivity index is 1.25. The van der Waals surface area contributed by atoms with Gasteiger partial charge in [0.1, 0.15) is 29.2 Å². The van der Waals surface area contributed by atoms with Gasteiger partial charge in [-0.05, 0) is 63.6 Å². The molecule has 7 rings (SSSR count). The van der Waals surface area contributed by atoms with E-state index in [1.54, 1.807) is 18.6 Å². The summed E-state index contributed by atoms with van der Waals surface area (Å²) in [6.45, 7) is 5.26. The second kappa shape index (κ2) is 11.2. The van der Waals surface area contributed by atoms with Crippen molar-refractivity contribution in [2.75, 3.05) is 18.1 Å². The Morgan fingerprint density at radius 1 is 1.14 bits per heavy atom. The fourth-order valence-corrected chi connectivity index (χ4v) is 7.16. The highest BCUT2D eigenvalue weighted by Gasteiger charge is 2.49. The molecule has 0 bridgehead atoms. The molecule has 1 aliphatic carbocycles. The molecule has 1 saturated carbocycles. The molecule has 3 aromatic heterocycles. The molecule has 4 aromatic rings. The van der Waals surface area contributed by atoms with Gasteiger partial charge in [0.2, 0.25) is 0 Å². The number of aromatic nitrogens is 4. The van der Waals surface area contributed by atoms with Crippen LogP contribution in [0.15, 0.2) is 42.9 Å². The van der Waals surface area contributed by atoms with Crippen molar-refractivity contribution < 1.29 is 13.9 Å². The van der Waals surface area contributed by atoms with Gasteiger partial charge < -0.3 is 20.1 Å². The van der Waals surface area contributed by atoms with Crippen molar-refractivity contribution in [3.05, 3.63) is 64.3 Å². The normalized spacial score (nSPS) is 24.7. The number of rotatable bonds is 8. The molecular formula is C32H35Cl2FN6O2. The summed E-state index contributed by atoms with van der Waals surface area (Å²) >= 11 is 12.8. The van der Waals surface area contributed by atoms with Crippen LogP contribution in [-0.4, -0.2) is 44.5 Å². The SMILES string of the molecule is C[C@@H](Oc1ccc2c(c1)c(-c1cnc(N3CC(C)(N)C3CC3CC3)cc1F)nn2C1CCCCO1)c1c(Cl)cncc1Cl. The third kappa shape index (κ3) is 5.45. The molecule has 8 nitrogen and oxygen atoms in total. The van der Waals surface area contributed by atoms with E-state index in [4.69, 9.17) is 48.5 Å². The van der Waals surface area contributed by atoms with Gasteiger partial charge in [0, 0.05) is 48.8 Å². The zero-order valence-corrected chi connectivity index (χ0v) is 25.8. The number of hydrogen-bond donors (Lipinski definition) is 1. The maximum Gasteiger partial charge on any atom is 0.150 e. The van der Waals surface area contributed by atoms with Crippen molar-refractivity contribution in [2.45, 2.75) is 76.3 Å². The molecule has 4 atom stereocenters. The Labute approximate surface area is 260 Å². The van der Waals surface area contributed by atoms with Crippen LogP contribution in [0.5, 0.6) is 5.75 Å². The average Bonchev–Trinajstić information content (AvgIpc) is 3.74. The second-order valence-corrected chi connectivity index (χ2v) is 13.2. The number of nitrogens with zero attached hydrogens (tertiary/aromatic N) is 5. The number of nitrogens with two attached hydrogens (primary N) is 1. The first kappa shape index (κ1) is 28.8. The maximum atomic E-state index is 16.0. The van der Waals surface area contributed by atoms with Crippen LogP contribution in [0.25, 0.3) is 22.2 Å². The summed E-state index contributed by atoms with van der Waals surface area (Å²) in [7, 11) is 0. The summed E-state index contributed by atoms with van der Waals surface area (Å²) in [5, 5.41) is 6.51. The van der Waals surface area contributed by atoms with Crippen LogP contribution in [0.3, 0.4) is 0 Å². The van der Waals surface area contributed by atoms with E-state index >= 15 is 4.39 Å². The highest BCUT2D eigenvalue weighted by atomic mass is 35.5. The van der Waals surface area contributed by atoms with Crippen LogP contribution in [-0.2, 0) is 4.74 Å². The van der Waals surface area contributed by atoms with Crippen LogP contribution >= 0.6 is 23.2 Å². The minimum atomic E-state index is -0.452. The Morgan fingerprint density at radius 2 is 1.93 bits per heavy atom. The first-order valence-electron chi connectivity index (χ1n) is 15.0. The standard InChI is InChI=1S/C32H35Cl2FN6O2/c1-18(30-23(33)15-37-16-24(30)34)43-20-8-9-26-21(12-20)31(39-41(26)29-5-3-4-10-42-29)22-14-38-28(13-25(22)35)40-17-32(2,36)27(40)11-19-6-7-19/h8-9,12-16,18-19,27,29H,3-7,10-11,17,36H2,1-2H3/t18-,27?,29?,32?/m1/s1. The predicted octanol–water partition coefficient (Wildman–Crippen LogP) is 7.48. The number of ether oxygens (including phenoxy) is 2. The zero-order chi connectivity index (χ0) is 29.9. The van der Waals surface area contributed by atoms with Gasteiger partial charge in [0.05, 0.1) is 32.7 Å². The van der Waals surface area contributed by atoms with Gasteiger partial charge >= 0.3 is 0 Å². The summed E-state index contributed by atoms with van der Waals surface area (Å²) in [4.78, 5) is 10.9. The molecule has 3 fully saturated rings. The van der Waals surface area contributed by atoms with E-state index in [1.165, 1.54) is 18.9 Å². The quantitative estimate of drug-likeness (QED) is 0.217. The number of hydrogen-bond acceptors (Lipinski definition) is 7. The summed E-state index contributed by atoms with van der Waals surface area (Å²) in [6, 6.07) is 7.36. The van der Waals surface area contributed by atoms with E-state index in [2.05, 4.69) is 16.8 Å². The molecule has 0 amide bonds. The van der Waals surface area contributed by atoms with E-state index in [0.29, 0.717) is 57.5 Å². The van der Waals surface area contributed by atoms with Crippen molar-refractivity contribution >= 4 is 39.9 Å². The average molecular weight is 626 g/mol. The van der Waals surface area contributed by atoms with Crippen molar-refractivity contribution in [1.82, 2.24) is 19.7 Å². The Morgan fingerprint density at radius 3 is 2.60 bits per heavy atom. The summed E-state index contributed by atoms with van der Waals surface area (Å²) in [5.74, 6) is 1.51. The summed E-state index contributed by atoms with van der Waals surface area (Å²) < 4.78 is 30.2. The minimum Gasteiger partial charge on any atom is -0.486 e. The third-order valence-corrected chi connectivity index (χ3v) is 9.61. The van der Waals surface area contributed by atoms with Gasteiger partial charge in [-0.3, -0.25) is 4.98 Å². The minimum absolute atomic E-state index is 0.158. The molecule has 3 unspecified atom stereocenters. The van der Waals surface area contributed by atoms with E-state index in [-0.39, 0.29) is 23.6 Å². The molecule has 11 heteroatoms.